The van der Waals surface area contributed by atoms with Crippen molar-refractivity contribution in [2.24, 2.45) is 0 Å². The lowest BCUT2D eigenvalue weighted by atomic mass is 10.00. The number of carbonyl (C=O) groups is 1. The molecule has 0 aliphatic heterocycles. The summed E-state index contributed by atoms with van der Waals surface area (Å²) in [6.07, 6.45) is 3.49. The number of aryl methyl sites for hydroxylation is 1. The molecule has 0 fully saturated rings. The monoisotopic (exact) mass is 462 g/mol. The molecule has 0 saturated carbocycles. The van der Waals surface area contributed by atoms with Gasteiger partial charge in [0.05, 0.1) is 23.1 Å². The highest BCUT2D eigenvalue weighted by molar-refractivity contribution is 5.94. The molecule has 7 heteroatoms. The Morgan fingerprint density at radius 1 is 0.886 bits per heavy atom. The molecule has 2 N–H and O–H groups in total. The normalized spacial score (nSPS) is 10.9. The van der Waals surface area contributed by atoms with Gasteiger partial charge in [-0.05, 0) is 42.3 Å². The maximum atomic E-state index is 13.1. The zero-order valence-electron chi connectivity index (χ0n) is 19.0. The van der Waals surface area contributed by atoms with Gasteiger partial charge in [-0.1, -0.05) is 54.6 Å². The van der Waals surface area contributed by atoms with Crippen LogP contribution in [0.1, 0.15) is 17.3 Å². The summed E-state index contributed by atoms with van der Waals surface area (Å²) < 4.78 is 1.42. The summed E-state index contributed by atoms with van der Waals surface area (Å²) in [7, 11) is 0. The first-order chi connectivity index (χ1) is 17.0. The fourth-order valence-electron chi connectivity index (χ4n) is 4.04. The van der Waals surface area contributed by atoms with E-state index in [4.69, 9.17) is 0 Å². The van der Waals surface area contributed by atoms with Gasteiger partial charge in [-0.2, -0.15) is 5.10 Å². The molecule has 35 heavy (non-hydrogen) atoms. The number of rotatable bonds is 6. The minimum atomic E-state index is -0.974. The highest BCUT2D eigenvalue weighted by atomic mass is 16.4. The number of aromatic carboxylic acids is 1. The van der Waals surface area contributed by atoms with Gasteiger partial charge in [0.1, 0.15) is 5.69 Å². The van der Waals surface area contributed by atoms with E-state index in [2.05, 4.69) is 15.4 Å². The Morgan fingerprint density at radius 2 is 1.63 bits per heavy atom. The van der Waals surface area contributed by atoms with Gasteiger partial charge < -0.3 is 10.4 Å². The Kier molecular flexibility index (Phi) is 5.81. The lowest BCUT2D eigenvalue weighted by Gasteiger charge is -2.13. The maximum Gasteiger partial charge on any atom is 0.335 e. The van der Waals surface area contributed by atoms with Crippen LogP contribution >= 0.6 is 0 Å². The molecule has 0 spiro atoms. The lowest BCUT2D eigenvalue weighted by Crippen LogP contribution is -2.24. The van der Waals surface area contributed by atoms with Crippen LogP contribution in [0.2, 0.25) is 0 Å². The molecule has 5 rings (SSSR count). The number of pyridine rings is 1. The SMILES string of the molecule is CCn1nc(-c2cccc(-c3cccc(C(=O)O)c3)c2)cc(Nc2cncc3ccccc23)c1=O. The first-order valence-electron chi connectivity index (χ1n) is 11.2. The van der Waals surface area contributed by atoms with Crippen molar-refractivity contribution in [3.63, 3.8) is 0 Å². The molecule has 0 unspecified atom stereocenters. The third kappa shape index (κ3) is 4.39. The summed E-state index contributed by atoms with van der Waals surface area (Å²) in [5.74, 6) is -0.974. The molecule has 5 aromatic rings. The van der Waals surface area contributed by atoms with E-state index in [1.165, 1.54) is 4.68 Å². The molecule has 0 aliphatic rings. The number of anilines is 2. The first kappa shape index (κ1) is 22.0. The molecule has 2 heterocycles. The van der Waals surface area contributed by atoms with Crippen molar-refractivity contribution in [1.82, 2.24) is 14.8 Å². The van der Waals surface area contributed by atoms with E-state index in [0.717, 1.165) is 33.2 Å². The van der Waals surface area contributed by atoms with Gasteiger partial charge in [0, 0.05) is 29.1 Å². The largest absolute Gasteiger partial charge is 0.478 e. The summed E-state index contributed by atoms with van der Waals surface area (Å²) in [5, 5.41) is 19.1. The fraction of sp³-hybridized carbons (Fsp3) is 0.0714. The zero-order valence-corrected chi connectivity index (χ0v) is 19.0. The molecular weight excluding hydrogens is 440 g/mol. The molecule has 0 saturated heterocycles. The average molecular weight is 463 g/mol. The molecule has 7 nitrogen and oxygen atoms in total. The predicted octanol–water partition coefficient (Wildman–Crippen LogP) is 5.59. The van der Waals surface area contributed by atoms with Crippen molar-refractivity contribution in [3.8, 4) is 22.4 Å². The van der Waals surface area contributed by atoms with Crippen LogP contribution in [0.3, 0.4) is 0 Å². The van der Waals surface area contributed by atoms with E-state index in [0.29, 0.717) is 17.9 Å². The van der Waals surface area contributed by atoms with Crippen LogP contribution in [0.15, 0.2) is 96.1 Å². The summed E-state index contributed by atoms with van der Waals surface area (Å²) in [5.41, 5.74) is 4.20. The zero-order chi connectivity index (χ0) is 24.4. The maximum absolute atomic E-state index is 13.1. The lowest BCUT2D eigenvalue weighted by molar-refractivity contribution is 0.0697. The number of nitrogens with one attached hydrogen (secondary N) is 1. The molecule has 2 aromatic heterocycles. The molecular formula is C28H22N4O3. The third-order valence-electron chi connectivity index (χ3n) is 5.81. The van der Waals surface area contributed by atoms with Crippen molar-refractivity contribution in [2.75, 3.05) is 5.32 Å². The smallest absolute Gasteiger partial charge is 0.335 e. The average Bonchev–Trinajstić information content (AvgIpc) is 2.90. The second-order valence-electron chi connectivity index (χ2n) is 8.06. The van der Waals surface area contributed by atoms with E-state index in [1.807, 2.05) is 61.5 Å². The van der Waals surface area contributed by atoms with Crippen molar-refractivity contribution >= 4 is 28.1 Å². The van der Waals surface area contributed by atoms with Gasteiger partial charge in [0.2, 0.25) is 0 Å². The van der Waals surface area contributed by atoms with E-state index < -0.39 is 5.97 Å². The van der Waals surface area contributed by atoms with Crippen LogP contribution in [0.4, 0.5) is 11.4 Å². The number of benzene rings is 3. The van der Waals surface area contributed by atoms with Crippen molar-refractivity contribution in [1.29, 1.82) is 0 Å². The third-order valence-corrected chi connectivity index (χ3v) is 5.81. The molecule has 0 radical (unpaired) electrons. The Hall–Kier alpha value is -4.78. The van der Waals surface area contributed by atoms with Gasteiger partial charge in [-0.3, -0.25) is 9.78 Å². The Morgan fingerprint density at radius 3 is 2.43 bits per heavy atom. The van der Waals surface area contributed by atoms with Crippen LogP contribution in [0.5, 0.6) is 0 Å². The molecule has 172 valence electrons. The van der Waals surface area contributed by atoms with Crippen LogP contribution < -0.4 is 10.9 Å². The number of hydrogen-bond donors (Lipinski definition) is 2. The van der Waals surface area contributed by atoms with E-state index in [9.17, 15) is 14.7 Å². The fourth-order valence-corrected chi connectivity index (χ4v) is 4.04. The molecule has 0 amide bonds. The minimum Gasteiger partial charge on any atom is -0.478 e. The van der Waals surface area contributed by atoms with Gasteiger partial charge in [-0.25, -0.2) is 9.48 Å². The van der Waals surface area contributed by atoms with Gasteiger partial charge >= 0.3 is 5.97 Å². The van der Waals surface area contributed by atoms with E-state index >= 15 is 0 Å². The van der Waals surface area contributed by atoms with Crippen LogP contribution in [-0.4, -0.2) is 25.8 Å². The van der Waals surface area contributed by atoms with Gasteiger partial charge in [0.25, 0.3) is 5.56 Å². The second kappa shape index (κ2) is 9.23. The molecule has 0 bridgehead atoms. The highest BCUT2D eigenvalue weighted by Gasteiger charge is 2.13. The minimum absolute atomic E-state index is 0.223. The number of fused-ring (bicyclic) bond motifs is 1. The van der Waals surface area contributed by atoms with Crippen molar-refractivity contribution in [3.05, 3.63) is 107 Å². The Labute approximate surface area is 201 Å². The quantitative estimate of drug-likeness (QED) is 0.342. The number of carboxylic acid groups (broad SMARTS) is 1. The van der Waals surface area contributed by atoms with E-state index in [1.54, 1.807) is 36.7 Å². The summed E-state index contributed by atoms with van der Waals surface area (Å²) >= 11 is 0. The number of nitrogens with zero attached hydrogens (tertiary/aromatic N) is 3. The van der Waals surface area contributed by atoms with Crippen LogP contribution in [0.25, 0.3) is 33.2 Å². The van der Waals surface area contributed by atoms with E-state index in [-0.39, 0.29) is 11.1 Å². The first-order valence-corrected chi connectivity index (χ1v) is 11.2. The second-order valence-corrected chi connectivity index (χ2v) is 8.06. The van der Waals surface area contributed by atoms with Crippen molar-refractivity contribution < 1.29 is 9.90 Å². The molecule has 0 atom stereocenters. The topological polar surface area (TPSA) is 97.1 Å². The number of aromatic nitrogens is 3. The number of carboxylic acids is 1. The Bertz CT molecular complexity index is 1620. The summed E-state index contributed by atoms with van der Waals surface area (Å²) in [6.45, 7) is 2.28. The Balaban J connectivity index is 1.58. The molecule has 3 aromatic carbocycles. The van der Waals surface area contributed by atoms with Crippen LogP contribution in [0, 0.1) is 0 Å². The standard InChI is InChI=1S/C28H22N4O3/c1-2-32-27(33)25(30-26-17-29-16-22-7-3-4-12-23(22)26)15-24(31-32)20-10-5-8-18(13-20)19-9-6-11-21(14-19)28(34)35/h3-17,30H,2H2,1H3,(H,34,35). The number of hydrogen-bond acceptors (Lipinski definition) is 5. The summed E-state index contributed by atoms with van der Waals surface area (Å²) in [6, 6.07) is 24.0. The van der Waals surface area contributed by atoms with Gasteiger partial charge in [-0.15, -0.1) is 0 Å². The molecule has 0 aliphatic carbocycles. The summed E-state index contributed by atoms with van der Waals surface area (Å²) in [4.78, 5) is 28.8. The predicted molar refractivity (Wildman–Crippen MR) is 137 cm³/mol. The highest BCUT2D eigenvalue weighted by Crippen LogP contribution is 2.28. The van der Waals surface area contributed by atoms with Crippen LogP contribution in [-0.2, 0) is 6.54 Å². The van der Waals surface area contributed by atoms with Gasteiger partial charge in [0.15, 0.2) is 0 Å². The van der Waals surface area contributed by atoms with Crippen molar-refractivity contribution in [2.45, 2.75) is 13.5 Å².